The van der Waals surface area contributed by atoms with E-state index in [2.05, 4.69) is 57.1 Å². The minimum Gasteiger partial charge on any atom is -0.490 e. The van der Waals surface area contributed by atoms with Gasteiger partial charge < -0.3 is 14.2 Å². The van der Waals surface area contributed by atoms with Gasteiger partial charge in [-0.3, -0.25) is 0 Å². The van der Waals surface area contributed by atoms with Gasteiger partial charge in [0.1, 0.15) is 17.4 Å². The molecule has 132 valence electrons. The summed E-state index contributed by atoms with van der Waals surface area (Å²) in [5.74, 6) is 1.99. The van der Waals surface area contributed by atoms with E-state index < -0.39 is 0 Å². The summed E-state index contributed by atoms with van der Waals surface area (Å²) in [6, 6.07) is 10.4. The second-order valence-corrected chi connectivity index (χ2v) is 6.83. The van der Waals surface area contributed by atoms with Crippen molar-refractivity contribution in [2.24, 2.45) is 7.05 Å². The van der Waals surface area contributed by atoms with Crippen LogP contribution in [-0.4, -0.2) is 38.4 Å². The van der Waals surface area contributed by atoms with Gasteiger partial charge in [0.15, 0.2) is 5.82 Å². The third-order valence-corrected chi connectivity index (χ3v) is 5.23. The molecule has 3 aromatic heterocycles. The van der Waals surface area contributed by atoms with Crippen molar-refractivity contribution >= 4 is 22.2 Å². The molecule has 1 aliphatic heterocycles. The molecule has 0 amide bonds. The summed E-state index contributed by atoms with van der Waals surface area (Å²) in [6.07, 6.45) is 9.81. The average Bonchev–Trinajstić information content (AvgIpc) is 3.30. The number of anilines is 1. The summed E-state index contributed by atoms with van der Waals surface area (Å²) in [5.41, 5.74) is 2.26. The molecule has 0 atom stereocenters. The van der Waals surface area contributed by atoms with E-state index in [0.717, 1.165) is 43.0 Å². The minimum atomic E-state index is 0.238. The van der Waals surface area contributed by atoms with Crippen LogP contribution in [0.2, 0.25) is 0 Å². The second kappa shape index (κ2) is 6.05. The van der Waals surface area contributed by atoms with Crippen LogP contribution in [0.4, 0.5) is 5.82 Å². The maximum Gasteiger partial charge on any atom is 0.154 e. The Balaban J connectivity index is 1.32. The van der Waals surface area contributed by atoms with Gasteiger partial charge in [0, 0.05) is 57.0 Å². The number of piperidine rings is 1. The lowest BCUT2D eigenvalue weighted by molar-refractivity contribution is 0.173. The highest BCUT2D eigenvalue weighted by Crippen LogP contribution is 2.29. The Morgan fingerprint density at radius 1 is 1.00 bits per heavy atom. The zero-order chi connectivity index (χ0) is 17.5. The van der Waals surface area contributed by atoms with E-state index in [1.54, 1.807) is 0 Å². The van der Waals surface area contributed by atoms with Gasteiger partial charge in [-0.2, -0.15) is 5.10 Å². The van der Waals surface area contributed by atoms with Gasteiger partial charge in [-0.15, -0.1) is 0 Å². The molecule has 5 rings (SSSR count). The molecule has 26 heavy (non-hydrogen) atoms. The van der Waals surface area contributed by atoms with Gasteiger partial charge in [-0.25, -0.2) is 9.50 Å². The maximum absolute atomic E-state index is 6.36. The van der Waals surface area contributed by atoms with Crippen LogP contribution >= 0.6 is 0 Å². The zero-order valence-corrected chi connectivity index (χ0v) is 14.7. The first-order valence-electron chi connectivity index (χ1n) is 9.03. The summed E-state index contributed by atoms with van der Waals surface area (Å²) in [4.78, 5) is 6.91. The maximum atomic E-state index is 6.36. The number of fused-ring (bicyclic) bond motifs is 2. The van der Waals surface area contributed by atoms with Gasteiger partial charge in [0.05, 0.1) is 11.7 Å². The lowest BCUT2D eigenvalue weighted by Gasteiger charge is -2.33. The quantitative estimate of drug-likeness (QED) is 0.571. The Morgan fingerprint density at radius 2 is 1.88 bits per heavy atom. The largest absolute Gasteiger partial charge is 0.490 e. The topological polar surface area (TPSA) is 47.6 Å². The number of ether oxygens (including phenoxy) is 1. The Labute approximate surface area is 151 Å². The SMILES string of the molecule is Cn1ccc2c(OC3CCN(c4nccn5nccc45)CC3)cccc21. The molecule has 0 radical (unpaired) electrons. The van der Waals surface area contributed by atoms with Crippen molar-refractivity contribution in [3.63, 3.8) is 0 Å². The van der Waals surface area contributed by atoms with E-state index >= 15 is 0 Å². The van der Waals surface area contributed by atoms with Gasteiger partial charge in [0.2, 0.25) is 0 Å². The molecule has 6 heteroatoms. The predicted molar refractivity (Wildman–Crippen MR) is 102 cm³/mol. The molecular weight excluding hydrogens is 326 g/mol. The second-order valence-electron chi connectivity index (χ2n) is 6.83. The number of aryl methyl sites for hydroxylation is 1. The normalized spacial score (nSPS) is 15.8. The summed E-state index contributed by atoms with van der Waals surface area (Å²) in [6.45, 7) is 1.88. The molecule has 6 nitrogen and oxygen atoms in total. The first kappa shape index (κ1) is 15.3. The molecule has 0 spiro atoms. The fourth-order valence-electron chi connectivity index (χ4n) is 3.83. The molecule has 0 N–H and O–H groups in total. The number of hydrogen-bond donors (Lipinski definition) is 0. The molecule has 1 aliphatic rings. The van der Waals surface area contributed by atoms with Crippen LogP contribution in [0.3, 0.4) is 0 Å². The van der Waals surface area contributed by atoms with Crippen molar-refractivity contribution in [1.29, 1.82) is 0 Å². The number of hydrogen-bond acceptors (Lipinski definition) is 4. The van der Waals surface area contributed by atoms with Crippen molar-refractivity contribution in [2.45, 2.75) is 18.9 Å². The fourth-order valence-corrected chi connectivity index (χ4v) is 3.83. The van der Waals surface area contributed by atoms with Crippen LogP contribution < -0.4 is 9.64 Å². The Morgan fingerprint density at radius 3 is 2.77 bits per heavy atom. The van der Waals surface area contributed by atoms with Crippen molar-refractivity contribution in [1.82, 2.24) is 19.2 Å². The van der Waals surface area contributed by atoms with Crippen molar-refractivity contribution < 1.29 is 4.74 Å². The highest BCUT2D eigenvalue weighted by molar-refractivity contribution is 5.86. The molecule has 0 unspecified atom stereocenters. The summed E-state index contributed by atoms with van der Waals surface area (Å²) >= 11 is 0. The lowest BCUT2D eigenvalue weighted by Crippen LogP contribution is -2.38. The van der Waals surface area contributed by atoms with E-state index in [1.807, 2.05) is 29.2 Å². The molecular formula is C20H21N5O. The molecule has 1 aromatic carbocycles. The Hall–Kier alpha value is -3.02. The molecule has 4 heterocycles. The number of nitrogens with zero attached hydrogens (tertiary/aromatic N) is 5. The number of benzene rings is 1. The van der Waals surface area contributed by atoms with E-state index in [9.17, 15) is 0 Å². The van der Waals surface area contributed by atoms with Crippen LogP contribution in [0.1, 0.15) is 12.8 Å². The average molecular weight is 347 g/mol. The molecule has 0 saturated carbocycles. The van der Waals surface area contributed by atoms with Gasteiger partial charge in [-0.1, -0.05) is 6.07 Å². The van der Waals surface area contributed by atoms with Crippen molar-refractivity contribution in [3.8, 4) is 5.75 Å². The number of rotatable bonds is 3. The lowest BCUT2D eigenvalue weighted by atomic mass is 10.1. The highest BCUT2D eigenvalue weighted by Gasteiger charge is 2.23. The van der Waals surface area contributed by atoms with Crippen LogP contribution in [0, 0.1) is 0 Å². The summed E-state index contributed by atoms with van der Waals surface area (Å²) in [5, 5.41) is 5.48. The number of aromatic nitrogens is 4. The summed E-state index contributed by atoms with van der Waals surface area (Å²) in [7, 11) is 2.06. The molecule has 4 aromatic rings. The van der Waals surface area contributed by atoms with Crippen LogP contribution in [0.15, 0.2) is 55.1 Å². The molecule has 0 aliphatic carbocycles. The van der Waals surface area contributed by atoms with Crippen molar-refractivity contribution in [2.75, 3.05) is 18.0 Å². The Bertz CT molecular complexity index is 1060. The fraction of sp³-hybridized carbons (Fsp3) is 0.300. The zero-order valence-electron chi connectivity index (χ0n) is 14.7. The summed E-state index contributed by atoms with van der Waals surface area (Å²) < 4.78 is 10.4. The minimum absolute atomic E-state index is 0.238. The van der Waals surface area contributed by atoms with E-state index in [4.69, 9.17) is 4.74 Å². The smallest absolute Gasteiger partial charge is 0.154 e. The van der Waals surface area contributed by atoms with Gasteiger partial charge in [0.25, 0.3) is 0 Å². The van der Waals surface area contributed by atoms with E-state index in [1.165, 1.54) is 10.9 Å². The standard InChI is InChI=1S/C20H21N5O/c1-23-11-8-16-17(23)3-2-4-19(16)26-15-6-12-24(13-7-15)20-18-5-9-22-25(18)14-10-21-20/h2-5,8-11,14-15H,6-7,12-13H2,1H3. The highest BCUT2D eigenvalue weighted by atomic mass is 16.5. The van der Waals surface area contributed by atoms with Crippen molar-refractivity contribution in [3.05, 3.63) is 55.1 Å². The molecule has 1 fully saturated rings. The Kier molecular flexibility index (Phi) is 3.55. The molecule has 0 bridgehead atoms. The van der Waals surface area contributed by atoms with Crippen LogP contribution in [0.25, 0.3) is 16.4 Å². The monoisotopic (exact) mass is 347 g/mol. The third kappa shape index (κ3) is 2.49. The van der Waals surface area contributed by atoms with E-state index in [0.29, 0.717) is 0 Å². The van der Waals surface area contributed by atoms with Crippen LogP contribution in [-0.2, 0) is 7.05 Å². The van der Waals surface area contributed by atoms with Gasteiger partial charge >= 0.3 is 0 Å². The van der Waals surface area contributed by atoms with E-state index in [-0.39, 0.29) is 6.10 Å². The predicted octanol–water partition coefficient (Wildman–Crippen LogP) is 3.27. The molecule has 1 saturated heterocycles. The van der Waals surface area contributed by atoms with Crippen LogP contribution in [0.5, 0.6) is 5.75 Å². The van der Waals surface area contributed by atoms with Gasteiger partial charge in [-0.05, 0) is 24.3 Å². The first-order valence-corrected chi connectivity index (χ1v) is 9.03. The first-order chi connectivity index (χ1) is 12.8. The third-order valence-electron chi connectivity index (χ3n) is 5.23.